The van der Waals surface area contributed by atoms with Crippen molar-refractivity contribution in [1.29, 1.82) is 0 Å². The predicted octanol–water partition coefficient (Wildman–Crippen LogP) is 7.08. The fourth-order valence-electron chi connectivity index (χ4n) is 4.54. The number of nitrogens with one attached hydrogen (secondary N) is 1. The molecule has 0 bridgehead atoms. The highest BCUT2D eigenvalue weighted by Gasteiger charge is 2.53. The van der Waals surface area contributed by atoms with Gasteiger partial charge < -0.3 is 14.8 Å². The molecule has 1 aliphatic rings. The molecular weight excluding hydrogens is 647 g/mol. The number of amides is 2. The van der Waals surface area contributed by atoms with E-state index in [1.54, 1.807) is 13.1 Å². The minimum Gasteiger partial charge on any atom is -0.487 e. The number of benzene rings is 1. The summed E-state index contributed by atoms with van der Waals surface area (Å²) in [6.45, 7) is 6.73. The third-order valence-electron chi connectivity index (χ3n) is 6.71. The summed E-state index contributed by atoms with van der Waals surface area (Å²) in [5.74, 6) is -2.21. The van der Waals surface area contributed by atoms with Crippen molar-refractivity contribution >= 4 is 23.3 Å². The molecule has 3 heterocycles. The van der Waals surface area contributed by atoms with Gasteiger partial charge in [0, 0.05) is 46.6 Å². The van der Waals surface area contributed by atoms with Crippen LogP contribution < -0.4 is 10.1 Å². The van der Waals surface area contributed by atoms with Crippen molar-refractivity contribution in [3.05, 3.63) is 58.6 Å². The van der Waals surface area contributed by atoms with Crippen LogP contribution in [0.5, 0.6) is 5.75 Å². The normalized spacial score (nSPS) is 19.8. The number of hydrogen-bond acceptors (Lipinski definition) is 8. The van der Waals surface area contributed by atoms with Crippen LogP contribution in [0, 0.1) is 6.92 Å². The first kappa shape index (κ1) is 34.8. The monoisotopic (exact) mass is 677 g/mol. The zero-order valence-electron chi connectivity index (χ0n) is 25.2. The molecule has 17 heteroatoms. The van der Waals surface area contributed by atoms with E-state index in [0.29, 0.717) is 15.5 Å². The Hall–Kier alpha value is -4.02. The first-order chi connectivity index (χ1) is 21.2. The maximum Gasteiger partial charge on any atom is 0.451 e. The number of rotatable bonds is 6. The summed E-state index contributed by atoms with van der Waals surface area (Å²) >= 11 is 1.25. The van der Waals surface area contributed by atoms with Gasteiger partial charge >= 0.3 is 18.4 Å². The predicted molar refractivity (Wildman–Crippen MR) is 152 cm³/mol. The zero-order valence-corrected chi connectivity index (χ0v) is 26.0. The van der Waals surface area contributed by atoms with Gasteiger partial charge in [-0.15, -0.1) is 11.3 Å². The molecule has 1 saturated heterocycles. The molecule has 4 atom stereocenters. The summed E-state index contributed by atoms with van der Waals surface area (Å²) in [5, 5.41) is 3.04. The van der Waals surface area contributed by atoms with Gasteiger partial charge in [-0.2, -0.15) is 26.3 Å². The fraction of sp³-hybridized carbons (Fsp3) is 0.483. The van der Waals surface area contributed by atoms with E-state index in [-0.39, 0.29) is 16.9 Å². The van der Waals surface area contributed by atoms with E-state index >= 15 is 4.39 Å². The Morgan fingerprint density at radius 2 is 1.67 bits per heavy atom. The number of carbonyl (C=O) groups is 2. The molecule has 0 aliphatic carbocycles. The van der Waals surface area contributed by atoms with Crippen LogP contribution in [-0.2, 0) is 10.9 Å². The van der Waals surface area contributed by atoms with E-state index in [9.17, 15) is 35.9 Å². The number of piperidine rings is 1. The minimum atomic E-state index is -4.93. The zero-order chi connectivity index (χ0) is 34.2. The lowest BCUT2D eigenvalue weighted by molar-refractivity contribution is -0.200. The minimum absolute atomic E-state index is 0.0472. The highest BCUT2D eigenvalue weighted by atomic mass is 32.1. The molecule has 9 nitrogen and oxygen atoms in total. The van der Waals surface area contributed by atoms with Crippen molar-refractivity contribution in [2.45, 2.75) is 83.4 Å². The average molecular weight is 678 g/mol. The number of halogens is 7. The third kappa shape index (κ3) is 8.61. The number of ether oxygens (including phenoxy) is 2. The van der Waals surface area contributed by atoms with E-state index in [4.69, 9.17) is 9.47 Å². The van der Waals surface area contributed by atoms with Crippen molar-refractivity contribution < 1.29 is 49.8 Å². The molecule has 1 N–H and O–H groups in total. The number of alkyl halides is 7. The van der Waals surface area contributed by atoms with Gasteiger partial charge in [0.15, 0.2) is 6.17 Å². The van der Waals surface area contributed by atoms with Gasteiger partial charge in [0.1, 0.15) is 28.5 Å². The van der Waals surface area contributed by atoms with Crippen molar-refractivity contribution in [2.75, 3.05) is 6.54 Å². The number of thiazole rings is 1. The van der Waals surface area contributed by atoms with Crippen LogP contribution in [0.4, 0.5) is 35.5 Å². The van der Waals surface area contributed by atoms with E-state index in [2.05, 4.69) is 20.3 Å². The van der Waals surface area contributed by atoms with Gasteiger partial charge in [0.05, 0.1) is 12.6 Å². The first-order valence-electron chi connectivity index (χ1n) is 13.9. The van der Waals surface area contributed by atoms with Crippen LogP contribution in [0.25, 0.3) is 10.6 Å². The molecule has 2 aromatic heterocycles. The van der Waals surface area contributed by atoms with Crippen molar-refractivity contribution in [3.8, 4) is 16.3 Å². The second-order valence-electron chi connectivity index (χ2n) is 11.7. The van der Waals surface area contributed by atoms with E-state index in [1.807, 2.05) is 0 Å². The molecule has 1 aromatic carbocycles. The maximum atomic E-state index is 15.4. The number of aryl methyl sites for hydroxylation is 1. The molecule has 0 saturated carbocycles. The molecule has 1 fully saturated rings. The summed E-state index contributed by atoms with van der Waals surface area (Å²) in [6.07, 6.45) is -12.2. The van der Waals surface area contributed by atoms with Crippen LogP contribution >= 0.6 is 11.3 Å². The lowest BCUT2D eigenvalue weighted by Gasteiger charge is -2.41. The topological polar surface area (TPSA) is 107 Å². The van der Waals surface area contributed by atoms with Crippen LogP contribution in [0.2, 0.25) is 0 Å². The maximum absolute atomic E-state index is 15.4. The molecule has 1 aliphatic heterocycles. The Balaban J connectivity index is 1.60. The Kier molecular flexibility index (Phi) is 9.85. The SMILES string of the molecule is Cc1cnc(-c2cc(OC3CC(C(F)(F)F)N(C(=O)OC(C)(C)C)CC3F)cc(C(=O)N[C@H](C)c3cnc(C(F)(F)F)nc3)c2)s1. The summed E-state index contributed by atoms with van der Waals surface area (Å²) in [5.41, 5.74) is -0.649. The van der Waals surface area contributed by atoms with Crippen LogP contribution in [0.3, 0.4) is 0 Å². The van der Waals surface area contributed by atoms with Crippen LogP contribution in [0.15, 0.2) is 36.8 Å². The molecule has 3 aromatic rings. The van der Waals surface area contributed by atoms with E-state index in [1.165, 1.54) is 57.2 Å². The van der Waals surface area contributed by atoms with Gasteiger partial charge in [-0.25, -0.2) is 24.1 Å². The third-order valence-corrected chi connectivity index (χ3v) is 7.67. The smallest absolute Gasteiger partial charge is 0.451 e. The lowest BCUT2D eigenvalue weighted by atomic mass is 9.97. The van der Waals surface area contributed by atoms with E-state index in [0.717, 1.165) is 17.3 Å². The first-order valence-corrected chi connectivity index (χ1v) is 14.7. The summed E-state index contributed by atoms with van der Waals surface area (Å²) in [7, 11) is 0. The highest BCUT2D eigenvalue weighted by molar-refractivity contribution is 7.14. The quantitative estimate of drug-likeness (QED) is 0.278. The number of likely N-dealkylation sites (tertiary alicyclic amines) is 1. The van der Waals surface area contributed by atoms with Gasteiger partial charge in [-0.1, -0.05) is 0 Å². The number of aromatic nitrogens is 3. The molecule has 0 radical (unpaired) electrons. The molecular formula is C29H30F7N5O4S. The summed E-state index contributed by atoms with van der Waals surface area (Å²) in [4.78, 5) is 37.8. The molecule has 0 spiro atoms. The Morgan fingerprint density at radius 1 is 1.02 bits per heavy atom. The second kappa shape index (κ2) is 13.0. The molecule has 46 heavy (non-hydrogen) atoms. The van der Waals surface area contributed by atoms with Gasteiger partial charge in [-0.05, 0) is 52.8 Å². The number of nitrogens with zero attached hydrogens (tertiary/aromatic N) is 4. The van der Waals surface area contributed by atoms with Crippen molar-refractivity contribution in [3.63, 3.8) is 0 Å². The van der Waals surface area contributed by atoms with E-state index < -0.39 is 73.1 Å². The largest absolute Gasteiger partial charge is 0.487 e. The molecule has 2 amide bonds. The Morgan fingerprint density at radius 3 is 2.22 bits per heavy atom. The van der Waals surface area contributed by atoms with Crippen LogP contribution in [0.1, 0.15) is 66.8 Å². The van der Waals surface area contributed by atoms with Crippen molar-refractivity contribution in [2.24, 2.45) is 0 Å². The van der Waals surface area contributed by atoms with Gasteiger partial charge in [0.2, 0.25) is 5.82 Å². The van der Waals surface area contributed by atoms with Crippen LogP contribution in [-0.4, -0.2) is 68.5 Å². The molecule has 250 valence electrons. The highest BCUT2D eigenvalue weighted by Crippen LogP contribution is 2.37. The fourth-order valence-corrected chi connectivity index (χ4v) is 5.29. The van der Waals surface area contributed by atoms with Crippen molar-refractivity contribution in [1.82, 2.24) is 25.2 Å². The standard InChI is InChI=1S/C29H30F7N5O4S/c1-14-10-37-24(46-14)17-6-16(23(42)40-15(2)18-11-38-25(39-12-18)29(34,35)36)7-19(8-17)44-21-9-22(28(31,32)33)41(13-20(21)30)26(43)45-27(3,4)5/h6-8,10-12,15,20-22H,9,13H2,1-5H3,(H,40,42)/t15-,20?,21?,22?/m1/s1. The second-order valence-corrected chi connectivity index (χ2v) is 12.9. The van der Waals surface area contributed by atoms with Gasteiger partial charge in [0.25, 0.3) is 5.91 Å². The molecule has 4 rings (SSSR count). The summed E-state index contributed by atoms with van der Waals surface area (Å²) < 4.78 is 107. The lowest BCUT2D eigenvalue weighted by Crippen LogP contribution is -2.60. The average Bonchev–Trinajstić information content (AvgIpc) is 3.38. The number of hydrogen-bond donors (Lipinski definition) is 1. The summed E-state index contributed by atoms with van der Waals surface area (Å²) in [6, 6.07) is 0.777. The Bertz CT molecular complexity index is 1560. The van der Waals surface area contributed by atoms with Gasteiger partial charge in [-0.3, -0.25) is 9.69 Å². The molecule has 3 unspecified atom stereocenters. The Labute approximate surface area is 263 Å². The number of carbonyl (C=O) groups excluding carboxylic acids is 2.